The maximum Gasteiger partial charge on any atom is 0.408 e. The first-order valence-electron chi connectivity index (χ1n) is 13.0. The molecule has 204 valence electrons. The van der Waals surface area contributed by atoms with E-state index in [1.165, 1.54) is 0 Å². The number of benzene rings is 2. The van der Waals surface area contributed by atoms with E-state index in [9.17, 15) is 14.4 Å². The molecule has 3 heterocycles. The summed E-state index contributed by atoms with van der Waals surface area (Å²) in [6, 6.07) is 17.7. The molecule has 4 aromatic rings. The number of carbonyl (C=O) groups excluding carboxylic acids is 3. The summed E-state index contributed by atoms with van der Waals surface area (Å²) < 4.78 is 5.40. The number of aromatic amines is 1. The SMILES string of the molecule is CC(C)(C)OC(=O)N[C@H](CCc1ccccc1)C(=O)Nc1cc2c3c(c(-c4ccccn4)[nH]c3c1)C=NNC2=O. The van der Waals surface area contributed by atoms with Crippen molar-refractivity contribution in [2.45, 2.75) is 45.3 Å². The van der Waals surface area contributed by atoms with Crippen LogP contribution in [0.5, 0.6) is 0 Å². The van der Waals surface area contributed by atoms with Crippen molar-refractivity contribution in [1.82, 2.24) is 20.7 Å². The fraction of sp³-hybridized carbons (Fsp3) is 0.233. The van der Waals surface area contributed by atoms with E-state index in [-0.39, 0.29) is 0 Å². The van der Waals surface area contributed by atoms with Crippen molar-refractivity contribution in [3.05, 3.63) is 83.6 Å². The van der Waals surface area contributed by atoms with Gasteiger partial charge in [-0.25, -0.2) is 10.2 Å². The molecule has 10 nitrogen and oxygen atoms in total. The summed E-state index contributed by atoms with van der Waals surface area (Å²) in [6.07, 6.45) is 3.49. The number of alkyl carbamates (subject to hydrolysis) is 1. The fourth-order valence-electron chi connectivity index (χ4n) is 4.57. The number of hydrogen-bond acceptors (Lipinski definition) is 6. The minimum absolute atomic E-state index is 0.342. The van der Waals surface area contributed by atoms with Crippen LogP contribution in [-0.2, 0) is 16.0 Å². The van der Waals surface area contributed by atoms with Gasteiger partial charge in [-0.3, -0.25) is 14.6 Å². The topological polar surface area (TPSA) is 138 Å². The first-order valence-corrected chi connectivity index (χ1v) is 13.0. The molecule has 0 spiro atoms. The molecule has 0 saturated heterocycles. The summed E-state index contributed by atoms with van der Waals surface area (Å²) in [5.41, 5.74) is 6.30. The Morgan fingerprint density at radius 3 is 2.55 bits per heavy atom. The molecular weight excluding hydrogens is 508 g/mol. The third-order valence-corrected chi connectivity index (χ3v) is 6.30. The van der Waals surface area contributed by atoms with E-state index in [1.54, 1.807) is 45.3 Å². The molecule has 4 N–H and O–H groups in total. The molecule has 2 aromatic heterocycles. The second-order valence-electron chi connectivity index (χ2n) is 10.5. The number of rotatable bonds is 7. The third-order valence-electron chi connectivity index (χ3n) is 6.30. The largest absolute Gasteiger partial charge is 0.444 e. The van der Waals surface area contributed by atoms with Crippen LogP contribution in [0.25, 0.3) is 22.3 Å². The molecule has 40 heavy (non-hydrogen) atoms. The van der Waals surface area contributed by atoms with Crippen LogP contribution < -0.4 is 16.1 Å². The van der Waals surface area contributed by atoms with E-state index in [0.29, 0.717) is 51.9 Å². The zero-order valence-electron chi connectivity index (χ0n) is 22.4. The number of carbonyl (C=O) groups is 3. The second kappa shape index (κ2) is 11.0. The standard InChI is InChI=1S/C30H30N6O4/c1-30(2,3)40-29(39)35-23(13-12-18-9-5-4-6-10-18)28(38)33-19-15-20-25-21(17-32-36-27(20)37)26(34-24(25)16-19)22-11-7-8-14-31-22/h4-11,14-17,23,34H,12-13H2,1-3H3,(H,33,38)(H,35,39)(H,36,37)/t23-/m1/s1. The quantitative estimate of drug-likeness (QED) is 0.269. The Balaban J connectivity index is 1.45. The summed E-state index contributed by atoms with van der Waals surface area (Å²) in [6.45, 7) is 5.27. The first-order chi connectivity index (χ1) is 19.2. The molecule has 0 bridgehead atoms. The molecule has 10 heteroatoms. The molecule has 0 unspecified atom stereocenters. The highest BCUT2D eigenvalue weighted by Crippen LogP contribution is 2.34. The van der Waals surface area contributed by atoms with Gasteiger partial charge in [0.2, 0.25) is 5.91 Å². The van der Waals surface area contributed by atoms with Gasteiger partial charge in [0.15, 0.2) is 0 Å². The van der Waals surface area contributed by atoms with Crippen molar-refractivity contribution in [3.8, 4) is 11.4 Å². The Kier molecular flexibility index (Phi) is 7.33. The number of hydrogen-bond donors (Lipinski definition) is 4. The minimum Gasteiger partial charge on any atom is -0.444 e. The van der Waals surface area contributed by atoms with Crippen molar-refractivity contribution in [3.63, 3.8) is 0 Å². The Hall–Kier alpha value is -4.99. The van der Waals surface area contributed by atoms with Crippen LogP contribution >= 0.6 is 0 Å². The van der Waals surface area contributed by atoms with Crippen molar-refractivity contribution < 1.29 is 19.1 Å². The summed E-state index contributed by atoms with van der Waals surface area (Å²) in [7, 11) is 0. The minimum atomic E-state index is -0.884. The summed E-state index contributed by atoms with van der Waals surface area (Å²) in [5.74, 6) is -0.842. The number of nitrogens with zero attached hydrogens (tertiary/aromatic N) is 2. The van der Waals surface area contributed by atoms with Crippen molar-refractivity contribution in [2.24, 2.45) is 5.10 Å². The highest BCUT2D eigenvalue weighted by Gasteiger charge is 2.26. The van der Waals surface area contributed by atoms with Crippen LogP contribution in [0, 0.1) is 0 Å². The average Bonchev–Trinajstić information content (AvgIpc) is 3.19. The number of H-pyrrole nitrogens is 1. The van der Waals surface area contributed by atoms with Gasteiger partial charge in [-0.1, -0.05) is 36.4 Å². The summed E-state index contributed by atoms with van der Waals surface area (Å²) in [4.78, 5) is 46.8. The molecule has 2 aromatic carbocycles. The van der Waals surface area contributed by atoms with E-state index in [0.717, 1.165) is 5.56 Å². The summed E-state index contributed by atoms with van der Waals surface area (Å²) in [5, 5.41) is 10.3. The molecule has 3 amide bonds. The molecule has 0 aliphatic carbocycles. The second-order valence-corrected chi connectivity index (χ2v) is 10.5. The third kappa shape index (κ3) is 6.01. The monoisotopic (exact) mass is 538 g/mol. The number of hydrazone groups is 1. The van der Waals surface area contributed by atoms with E-state index < -0.39 is 29.6 Å². The van der Waals surface area contributed by atoms with Crippen LogP contribution in [0.2, 0.25) is 0 Å². The van der Waals surface area contributed by atoms with Crippen LogP contribution in [0.1, 0.15) is 48.7 Å². The number of aromatic nitrogens is 2. The number of ether oxygens (including phenoxy) is 1. The van der Waals surface area contributed by atoms with Gasteiger partial charge >= 0.3 is 6.09 Å². The van der Waals surface area contributed by atoms with Gasteiger partial charge in [-0.15, -0.1) is 0 Å². The molecule has 1 aliphatic rings. The van der Waals surface area contributed by atoms with Crippen molar-refractivity contribution in [2.75, 3.05) is 5.32 Å². The van der Waals surface area contributed by atoms with Crippen LogP contribution in [-0.4, -0.2) is 45.7 Å². The van der Waals surface area contributed by atoms with E-state index in [4.69, 9.17) is 4.74 Å². The number of nitrogens with one attached hydrogen (secondary N) is 4. The van der Waals surface area contributed by atoms with Gasteiger partial charge in [0.1, 0.15) is 11.6 Å². The van der Waals surface area contributed by atoms with Gasteiger partial charge < -0.3 is 20.4 Å². The predicted octanol–water partition coefficient (Wildman–Crippen LogP) is 4.77. The van der Waals surface area contributed by atoms with Crippen molar-refractivity contribution >= 4 is 40.7 Å². The first kappa shape index (κ1) is 26.6. The fourth-order valence-corrected chi connectivity index (χ4v) is 4.57. The van der Waals surface area contributed by atoms with Crippen molar-refractivity contribution in [1.29, 1.82) is 0 Å². The molecule has 0 radical (unpaired) electrons. The molecule has 1 aliphatic heterocycles. The predicted molar refractivity (Wildman–Crippen MR) is 153 cm³/mol. The summed E-state index contributed by atoms with van der Waals surface area (Å²) >= 11 is 0. The smallest absolute Gasteiger partial charge is 0.408 e. The van der Waals surface area contributed by atoms with Gasteiger partial charge in [0.05, 0.1) is 23.2 Å². The Morgan fingerprint density at radius 2 is 1.82 bits per heavy atom. The van der Waals surface area contributed by atoms with Crippen LogP contribution in [0.15, 0.2) is 72.0 Å². The number of anilines is 1. The van der Waals surface area contributed by atoms with Gasteiger partial charge in [0.25, 0.3) is 5.91 Å². The highest BCUT2D eigenvalue weighted by atomic mass is 16.6. The number of aryl methyl sites for hydroxylation is 1. The zero-order valence-corrected chi connectivity index (χ0v) is 22.4. The number of amides is 3. The van der Waals surface area contributed by atoms with Gasteiger partial charge in [-0.2, -0.15) is 5.10 Å². The molecule has 0 fully saturated rings. The maximum atomic E-state index is 13.5. The van der Waals surface area contributed by atoms with E-state index in [2.05, 4.69) is 31.1 Å². The Bertz CT molecular complexity index is 1590. The lowest BCUT2D eigenvalue weighted by Gasteiger charge is -2.23. The average molecular weight is 539 g/mol. The normalized spacial score (nSPS) is 13.3. The highest BCUT2D eigenvalue weighted by molar-refractivity contribution is 6.18. The molecule has 1 atom stereocenters. The van der Waals surface area contributed by atoms with Gasteiger partial charge in [0, 0.05) is 28.4 Å². The Labute approximate surface area is 231 Å². The lowest BCUT2D eigenvalue weighted by molar-refractivity contribution is -0.118. The lowest BCUT2D eigenvalue weighted by Crippen LogP contribution is -2.46. The molecule has 0 saturated carbocycles. The van der Waals surface area contributed by atoms with E-state index >= 15 is 0 Å². The Morgan fingerprint density at radius 1 is 1.05 bits per heavy atom. The van der Waals surface area contributed by atoms with Crippen LogP contribution in [0.3, 0.4) is 0 Å². The lowest BCUT2D eigenvalue weighted by atomic mass is 10.0. The number of pyridine rings is 1. The van der Waals surface area contributed by atoms with Gasteiger partial charge in [-0.05, 0) is 63.4 Å². The molecule has 5 rings (SSSR count). The van der Waals surface area contributed by atoms with E-state index in [1.807, 2.05) is 48.5 Å². The zero-order chi connectivity index (χ0) is 28.3. The maximum absolute atomic E-state index is 13.5. The molecular formula is C30H30N6O4. The van der Waals surface area contributed by atoms with Crippen LogP contribution in [0.4, 0.5) is 10.5 Å².